The minimum Gasteiger partial charge on any atom is -0.374 e. The Bertz CT molecular complexity index is 449. The van der Waals surface area contributed by atoms with Crippen molar-refractivity contribution in [3.63, 3.8) is 0 Å². The fourth-order valence-corrected chi connectivity index (χ4v) is 8.94. The van der Waals surface area contributed by atoms with Crippen molar-refractivity contribution in [1.82, 2.24) is 0 Å². The normalized spacial score (nSPS) is 12.0. The van der Waals surface area contributed by atoms with Gasteiger partial charge >= 0.3 is 8.80 Å². The summed E-state index contributed by atoms with van der Waals surface area (Å²) in [6.07, 6.45) is 38.6. The first kappa shape index (κ1) is 40.6. The molecule has 0 heterocycles. The quantitative estimate of drug-likeness (QED) is 0.0388. The number of rotatable bonds is 35. The highest BCUT2D eigenvalue weighted by molar-refractivity contribution is 9.09. The highest BCUT2D eigenvalue weighted by Crippen LogP contribution is 2.21. The summed E-state index contributed by atoms with van der Waals surface area (Å²) in [5.74, 6) is 0. The van der Waals surface area contributed by atoms with Crippen LogP contribution >= 0.6 is 15.9 Å². The Morgan fingerprint density at radius 1 is 0.325 bits per heavy atom. The monoisotopic (exact) mass is 648 g/mol. The molecule has 0 amide bonds. The Hall–Kier alpha value is 0.577. The van der Waals surface area contributed by atoms with Crippen molar-refractivity contribution in [2.24, 2.45) is 0 Å². The van der Waals surface area contributed by atoms with Crippen LogP contribution in [0.4, 0.5) is 0 Å². The minimum absolute atomic E-state index is 0.686. The van der Waals surface area contributed by atoms with Gasteiger partial charge in [-0.25, -0.2) is 0 Å². The van der Waals surface area contributed by atoms with E-state index in [1.54, 1.807) is 0 Å². The molecule has 0 aliphatic carbocycles. The molecule has 242 valence electrons. The molecule has 0 aromatic rings. The molecule has 0 saturated carbocycles. The van der Waals surface area contributed by atoms with Crippen molar-refractivity contribution >= 4 is 24.7 Å². The van der Waals surface area contributed by atoms with Gasteiger partial charge in [-0.2, -0.15) is 0 Å². The third-order valence-electron chi connectivity index (χ3n) is 8.21. The molecule has 0 aliphatic rings. The molecule has 40 heavy (non-hydrogen) atoms. The first-order chi connectivity index (χ1) is 19.7. The fourth-order valence-electron chi connectivity index (χ4n) is 5.86. The second kappa shape index (κ2) is 34.1. The van der Waals surface area contributed by atoms with Crippen LogP contribution in [-0.2, 0) is 13.3 Å². The van der Waals surface area contributed by atoms with E-state index < -0.39 is 8.80 Å². The largest absolute Gasteiger partial charge is 0.500 e. The highest BCUT2D eigenvalue weighted by Gasteiger charge is 2.39. The zero-order valence-electron chi connectivity index (χ0n) is 27.7. The molecule has 3 nitrogen and oxygen atoms in total. The number of hydrogen-bond acceptors (Lipinski definition) is 3. The van der Waals surface area contributed by atoms with Gasteiger partial charge in [-0.15, -0.1) is 0 Å². The lowest BCUT2D eigenvalue weighted by atomic mass is 10.0. The van der Waals surface area contributed by atoms with Crippen LogP contribution in [0.5, 0.6) is 0 Å². The number of hydrogen-bond donors (Lipinski definition) is 0. The molecule has 0 fully saturated rings. The van der Waals surface area contributed by atoms with Gasteiger partial charge in [0, 0.05) is 31.2 Å². The average Bonchev–Trinajstić information content (AvgIpc) is 2.95. The average molecular weight is 650 g/mol. The number of unbranched alkanes of at least 4 members (excludes halogenated alkanes) is 26. The van der Waals surface area contributed by atoms with Crippen LogP contribution in [0.1, 0.15) is 194 Å². The van der Waals surface area contributed by atoms with Gasteiger partial charge in [-0.3, -0.25) is 0 Å². The van der Waals surface area contributed by atoms with E-state index in [0.717, 1.165) is 6.04 Å². The predicted molar refractivity (Wildman–Crippen MR) is 184 cm³/mol. The van der Waals surface area contributed by atoms with E-state index in [-0.39, 0.29) is 0 Å². The van der Waals surface area contributed by atoms with Crippen LogP contribution in [0, 0.1) is 0 Å². The van der Waals surface area contributed by atoms with E-state index in [2.05, 4.69) is 15.9 Å². The van der Waals surface area contributed by atoms with E-state index in [9.17, 15) is 0 Å². The zero-order valence-corrected chi connectivity index (χ0v) is 30.3. The molecule has 0 radical (unpaired) electrons. The maximum atomic E-state index is 5.97. The summed E-state index contributed by atoms with van der Waals surface area (Å²) in [6.45, 7) is 8.19. The van der Waals surface area contributed by atoms with Gasteiger partial charge in [0.15, 0.2) is 0 Å². The van der Waals surface area contributed by atoms with Crippen molar-refractivity contribution in [3.8, 4) is 0 Å². The van der Waals surface area contributed by atoms with E-state index in [1.165, 1.54) is 179 Å². The van der Waals surface area contributed by atoms with E-state index in [1.807, 2.05) is 20.8 Å². The summed E-state index contributed by atoms with van der Waals surface area (Å²) in [6, 6.07) is 0.973. The van der Waals surface area contributed by atoms with Crippen molar-refractivity contribution in [1.29, 1.82) is 0 Å². The van der Waals surface area contributed by atoms with Crippen LogP contribution in [0.2, 0.25) is 6.04 Å². The van der Waals surface area contributed by atoms with Crippen LogP contribution in [0.15, 0.2) is 0 Å². The molecule has 0 bridgehead atoms. The molecule has 0 spiro atoms. The van der Waals surface area contributed by atoms with Gasteiger partial charge in [0.2, 0.25) is 0 Å². The molecular weight excluding hydrogens is 576 g/mol. The standard InChI is InChI=1S/C35H73BrO3Si/c1-4-37-40(38-5-2,39-6-3)35-33-31-29-27-25-23-21-19-17-15-13-11-9-7-8-10-12-14-16-18-20-22-24-26-28-30-32-34-36/h4-35H2,1-3H3. The van der Waals surface area contributed by atoms with Gasteiger partial charge in [0.1, 0.15) is 0 Å². The highest BCUT2D eigenvalue weighted by atomic mass is 79.9. The minimum atomic E-state index is -2.42. The summed E-state index contributed by atoms with van der Waals surface area (Å²) in [7, 11) is -2.42. The number of alkyl halides is 1. The molecule has 0 rings (SSSR count). The lowest BCUT2D eigenvalue weighted by Gasteiger charge is -2.28. The van der Waals surface area contributed by atoms with Gasteiger partial charge in [0.25, 0.3) is 0 Å². The Labute approximate surface area is 262 Å². The third kappa shape index (κ3) is 28.7. The first-order valence-corrected chi connectivity index (χ1v) is 21.3. The maximum absolute atomic E-state index is 5.97. The molecule has 0 N–H and O–H groups in total. The smallest absolute Gasteiger partial charge is 0.374 e. The third-order valence-corrected chi connectivity index (χ3v) is 11.9. The molecule has 0 aliphatic heterocycles. The SMILES string of the molecule is CCO[Si](CCCCCCCCCCCCCCCCCCCCCCCCCCCCCBr)(OCC)OCC. The van der Waals surface area contributed by atoms with Gasteiger partial charge in [-0.05, 0) is 33.6 Å². The van der Waals surface area contributed by atoms with Crippen molar-refractivity contribution in [3.05, 3.63) is 0 Å². The van der Waals surface area contributed by atoms with E-state index in [0.29, 0.717) is 19.8 Å². The van der Waals surface area contributed by atoms with Gasteiger partial charge in [-0.1, -0.05) is 176 Å². The van der Waals surface area contributed by atoms with Crippen LogP contribution in [0.25, 0.3) is 0 Å². The lowest BCUT2D eigenvalue weighted by Crippen LogP contribution is -2.45. The van der Waals surface area contributed by atoms with Crippen LogP contribution < -0.4 is 0 Å². The first-order valence-electron chi connectivity index (χ1n) is 18.2. The summed E-state index contributed by atoms with van der Waals surface area (Å²) in [5, 5.41) is 1.18. The summed E-state index contributed by atoms with van der Waals surface area (Å²) < 4.78 is 17.9. The molecule has 0 aromatic heterocycles. The summed E-state index contributed by atoms with van der Waals surface area (Å²) in [4.78, 5) is 0. The Kier molecular flexibility index (Phi) is 34.6. The molecule has 0 saturated heterocycles. The lowest BCUT2D eigenvalue weighted by molar-refractivity contribution is 0.0706. The molecule has 0 aromatic carbocycles. The van der Waals surface area contributed by atoms with Crippen LogP contribution in [0.3, 0.4) is 0 Å². The van der Waals surface area contributed by atoms with E-state index in [4.69, 9.17) is 13.3 Å². The molecule has 0 atom stereocenters. The molecular formula is C35H73BrO3Si. The Morgan fingerprint density at radius 3 is 0.725 bits per heavy atom. The van der Waals surface area contributed by atoms with Crippen LogP contribution in [-0.4, -0.2) is 34.0 Å². The Balaban J connectivity index is 3.26. The van der Waals surface area contributed by atoms with E-state index >= 15 is 0 Å². The maximum Gasteiger partial charge on any atom is 0.500 e. The van der Waals surface area contributed by atoms with Crippen molar-refractivity contribution in [2.45, 2.75) is 200 Å². The summed E-state index contributed by atoms with van der Waals surface area (Å²) >= 11 is 3.52. The zero-order chi connectivity index (χ0) is 29.2. The predicted octanol–water partition coefficient (Wildman–Crippen LogP) is 13.0. The Morgan fingerprint density at radius 2 is 0.525 bits per heavy atom. The molecule has 5 heteroatoms. The van der Waals surface area contributed by atoms with Crippen molar-refractivity contribution in [2.75, 3.05) is 25.2 Å². The van der Waals surface area contributed by atoms with Gasteiger partial charge in [0.05, 0.1) is 0 Å². The molecule has 0 unspecified atom stereocenters. The number of halogens is 1. The second-order valence-corrected chi connectivity index (χ2v) is 15.5. The summed E-state index contributed by atoms with van der Waals surface area (Å²) in [5.41, 5.74) is 0. The topological polar surface area (TPSA) is 27.7 Å². The van der Waals surface area contributed by atoms with Crippen molar-refractivity contribution < 1.29 is 13.3 Å². The second-order valence-electron chi connectivity index (χ2n) is 12.0. The fraction of sp³-hybridized carbons (Fsp3) is 1.00. The van der Waals surface area contributed by atoms with Gasteiger partial charge < -0.3 is 13.3 Å².